The summed E-state index contributed by atoms with van der Waals surface area (Å²) in [5, 5.41) is 3.38. The van der Waals surface area contributed by atoms with Gasteiger partial charge in [-0.3, -0.25) is 0 Å². The van der Waals surface area contributed by atoms with Gasteiger partial charge in [0.15, 0.2) is 11.5 Å². The molecule has 2 unspecified atom stereocenters. The minimum atomic E-state index is 0.407. The first-order chi connectivity index (χ1) is 8.31. The molecular weight excluding hydrogens is 216 g/mol. The highest BCUT2D eigenvalue weighted by atomic mass is 16.5. The highest BCUT2D eigenvalue weighted by Gasteiger charge is 2.30. The van der Waals surface area contributed by atoms with Gasteiger partial charge in [-0.2, -0.15) is 0 Å². The second-order valence-corrected chi connectivity index (χ2v) is 4.34. The average Bonchev–Trinajstić information content (AvgIpc) is 2.85. The third-order valence-corrected chi connectivity index (χ3v) is 3.48. The van der Waals surface area contributed by atoms with E-state index in [4.69, 9.17) is 15.2 Å². The maximum atomic E-state index is 5.81. The Morgan fingerprint density at radius 3 is 2.76 bits per heavy atom. The molecule has 17 heavy (non-hydrogen) atoms. The van der Waals surface area contributed by atoms with Crippen molar-refractivity contribution in [2.45, 2.75) is 5.92 Å². The first-order valence-corrected chi connectivity index (χ1v) is 5.93. The topological polar surface area (TPSA) is 56.5 Å². The first-order valence-electron chi connectivity index (χ1n) is 5.93. The van der Waals surface area contributed by atoms with Crippen molar-refractivity contribution in [3.05, 3.63) is 23.8 Å². The molecular formula is C13H20N2O2. The Hall–Kier alpha value is -1.26. The number of para-hydroxylation sites is 1. The second-order valence-electron chi connectivity index (χ2n) is 4.34. The van der Waals surface area contributed by atoms with Gasteiger partial charge in [-0.25, -0.2) is 0 Å². The minimum Gasteiger partial charge on any atom is -0.493 e. The molecule has 0 aliphatic carbocycles. The zero-order valence-electron chi connectivity index (χ0n) is 10.4. The molecule has 0 amide bonds. The second kappa shape index (κ2) is 5.38. The van der Waals surface area contributed by atoms with Crippen LogP contribution in [0.1, 0.15) is 11.5 Å². The van der Waals surface area contributed by atoms with Gasteiger partial charge in [-0.1, -0.05) is 12.1 Å². The van der Waals surface area contributed by atoms with E-state index in [1.54, 1.807) is 14.2 Å². The van der Waals surface area contributed by atoms with E-state index in [0.717, 1.165) is 24.6 Å². The maximum Gasteiger partial charge on any atom is 0.164 e. The molecule has 0 bridgehead atoms. The van der Waals surface area contributed by atoms with Crippen LogP contribution in [0.4, 0.5) is 0 Å². The van der Waals surface area contributed by atoms with E-state index < -0.39 is 0 Å². The molecule has 1 saturated heterocycles. The molecule has 1 aromatic rings. The fourth-order valence-corrected chi connectivity index (χ4v) is 2.55. The molecule has 2 atom stereocenters. The standard InChI is InChI=1S/C13H20N2O2/c1-16-12-5-3-4-10(13(12)17-2)11-8-15-7-9(11)6-14/h3-5,9,11,15H,6-8,14H2,1-2H3. The summed E-state index contributed by atoms with van der Waals surface area (Å²) >= 11 is 0. The number of rotatable bonds is 4. The largest absolute Gasteiger partial charge is 0.493 e. The number of nitrogens with two attached hydrogens (primary N) is 1. The number of hydrogen-bond donors (Lipinski definition) is 2. The van der Waals surface area contributed by atoms with Crippen LogP contribution in [0.25, 0.3) is 0 Å². The molecule has 2 rings (SSSR count). The zero-order valence-corrected chi connectivity index (χ0v) is 10.4. The fourth-order valence-electron chi connectivity index (χ4n) is 2.55. The monoisotopic (exact) mass is 236 g/mol. The minimum absolute atomic E-state index is 0.407. The Balaban J connectivity index is 2.37. The molecule has 4 nitrogen and oxygen atoms in total. The lowest BCUT2D eigenvalue weighted by atomic mass is 9.88. The number of ether oxygens (including phenoxy) is 2. The van der Waals surface area contributed by atoms with E-state index >= 15 is 0 Å². The Labute approximate surface area is 102 Å². The fraction of sp³-hybridized carbons (Fsp3) is 0.538. The zero-order chi connectivity index (χ0) is 12.3. The number of nitrogens with one attached hydrogen (secondary N) is 1. The molecule has 1 aliphatic rings. The van der Waals surface area contributed by atoms with Gasteiger partial charge >= 0.3 is 0 Å². The van der Waals surface area contributed by atoms with Crippen molar-refractivity contribution in [3.8, 4) is 11.5 Å². The van der Waals surface area contributed by atoms with E-state index in [2.05, 4.69) is 11.4 Å². The highest BCUT2D eigenvalue weighted by molar-refractivity contribution is 5.49. The number of hydrogen-bond acceptors (Lipinski definition) is 4. The molecule has 3 N–H and O–H groups in total. The van der Waals surface area contributed by atoms with E-state index in [-0.39, 0.29) is 0 Å². The SMILES string of the molecule is COc1cccc(C2CNCC2CN)c1OC. The Bertz CT molecular complexity index is 382. The summed E-state index contributed by atoms with van der Waals surface area (Å²) < 4.78 is 10.8. The lowest BCUT2D eigenvalue weighted by molar-refractivity contribution is 0.347. The van der Waals surface area contributed by atoms with Crippen LogP contribution in [0.3, 0.4) is 0 Å². The molecule has 0 saturated carbocycles. The third-order valence-electron chi connectivity index (χ3n) is 3.48. The van der Waals surface area contributed by atoms with Crippen LogP contribution in [-0.2, 0) is 0 Å². The van der Waals surface area contributed by atoms with Crippen molar-refractivity contribution in [2.75, 3.05) is 33.9 Å². The normalized spacial score (nSPS) is 23.7. The molecule has 4 heteroatoms. The molecule has 0 aromatic heterocycles. The summed E-state index contributed by atoms with van der Waals surface area (Å²) in [6.45, 7) is 2.62. The van der Waals surface area contributed by atoms with E-state index in [0.29, 0.717) is 18.4 Å². The van der Waals surface area contributed by atoms with Crippen molar-refractivity contribution < 1.29 is 9.47 Å². The van der Waals surface area contributed by atoms with Crippen LogP contribution < -0.4 is 20.5 Å². The van der Waals surface area contributed by atoms with Crippen molar-refractivity contribution in [2.24, 2.45) is 11.7 Å². The maximum absolute atomic E-state index is 5.81. The van der Waals surface area contributed by atoms with Crippen LogP contribution >= 0.6 is 0 Å². The Morgan fingerprint density at radius 2 is 2.12 bits per heavy atom. The predicted octanol–water partition coefficient (Wildman–Crippen LogP) is 0.965. The van der Waals surface area contributed by atoms with Crippen LogP contribution in [0.2, 0.25) is 0 Å². The summed E-state index contributed by atoms with van der Waals surface area (Å²) in [5.41, 5.74) is 7.00. The molecule has 1 aliphatic heterocycles. The van der Waals surface area contributed by atoms with Crippen LogP contribution in [0.15, 0.2) is 18.2 Å². The molecule has 1 fully saturated rings. The van der Waals surface area contributed by atoms with E-state index in [9.17, 15) is 0 Å². The van der Waals surface area contributed by atoms with Gasteiger partial charge in [0, 0.05) is 18.0 Å². The average molecular weight is 236 g/mol. The molecule has 94 valence electrons. The summed E-state index contributed by atoms with van der Waals surface area (Å²) in [6, 6.07) is 6.02. The summed E-state index contributed by atoms with van der Waals surface area (Å²) in [6.07, 6.45) is 0. The Kier molecular flexibility index (Phi) is 3.86. The summed E-state index contributed by atoms with van der Waals surface area (Å²) in [4.78, 5) is 0. The van der Waals surface area contributed by atoms with Gasteiger partial charge in [0.2, 0.25) is 0 Å². The van der Waals surface area contributed by atoms with Crippen LogP contribution in [0, 0.1) is 5.92 Å². The third kappa shape index (κ3) is 2.23. The smallest absolute Gasteiger partial charge is 0.164 e. The molecule has 1 aromatic carbocycles. The van der Waals surface area contributed by atoms with Gasteiger partial charge in [0.25, 0.3) is 0 Å². The predicted molar refractivity (Wildman–Crippen MR) is 67.7 cm³/mol. The first kappa shape index (κ1) is 12.2. The van der Waals surface area contributed by atoms with Gasteiger partial charge in [0.05, 0.1) is 14.2 Å². The lowest BCUT2D eigenvalue weighted by Gasteiger charge is -2.21. The van der Waals surface area contributed by atoms with E-state index in [1.165, 1.54) is 5.56 Å². The number of methoxy groups -OCH3 is 2. The van der Waals surface area contributed by atoms with Crippen molar-refractivity contribution in [1.29, 1.82) is 0 Å². The van der Waals surface area contributed by atoms with Gasteiger partial charge in [-0.15, -0.1) is 0 Å². The summed E-state index contributed by atoms with van der Waals surface area (Å²) in [5.74, 6) is 2.50. The van der Waals surface area contributed by atoms with Crippen LogP contribution in [-0.4, -0.2) is 33.9 Å². The molecule has 0 radical (unpaired) electrons. The van der Waals surface area contributed by atoms with Crippen molar-refractivity contribution in [1.82, 2.24) is 5.32 Å². The lowest BCUT2D eigenvalue weighted by Crippen LogP contribution is -2.21. The number of benzene rings is 1. The van der Waals surface area contributed by atoms with Crippen molar-refractivity contribution >= 4 is 0 Å². The van der Waals surface area contributed by atoms with E-state index in [1.807, 2.05) is 12.1 Å². The van der Waals surface area contributed by atoms with Crippen LogP contribution in [0.5, 0.6) is 11.5 Å². The Morgan fingerprint density at radius 1 is 1.29 bits per heavy atom. The van der Waals surface area contributed by atoms with Gasteiger partial charge in [-0.05, 0) is 25.1 Å². The quantitative estimate of drug-likeness (QED) is 0.817. The molecule has 1 heterocycles. The van der Waals surface area contributed by atoms with Crippen molar-refractivity contribution in [3.63, 3.8) is 0 Å². The summed E-state index contributed by atoms with van der Waals surface area (Å²) in [7, 11) is 3.34. The molecule has 0 spiro atoms. The van der Waals surface area contributed by atoms with Gasteiger partial charge in [0.1, 0.15) is 0 Å². The van der Waals surface area contributed by atoms with Gasteiger partial charge < -0.3 is 20.5 Å². The highest BCUT2D eigenvalue weighted by Crippen LogP contribution is 2.39.